The second kappa shape index (κ2) is 7.69. The molecule has 4 heterocycles. The Kier molecular flexibility index (Phi) is 4.92. The minimum atomic E-state index is 0.166. The molecule has 0 spiro atoms. The molecule has 1 saturated carbocycles. The Morgan fingerprint density at radius 3 is 2.75 bits per heavy atom. The van der Waals surface area contributed by atoms with E-state index in [2.05, 4.69) is 30.6 Å². The molecule has 5 rings (SSSR count). The molecule has 3 aromatic heterocycles. The summed E-state index contributed by atoms with van der Waals surface area (Å²) >= 11 is 1.74. The third-order valence-electron chi connectivity index (χ3n) is 6.08. The first-order valence-electron chi connectivity index (χ1n) is 9.77. The lowest BCUT2D eigenvalue weighted by molar-refractivity contribution is -0.00545. The summed E-state index contributed by atoms with van der Waals surface area (Å²) in [5.41, 5.74) is 1.67. The van der Waals surface area contributed by atoms with Gasteiger partial charge in [0.2, 0.25) is 0 Å². The smallest absolute Gasteiger partial charge is 0.131 e. The minimum absolute atomic E-state index is 0.166. The molecule has 2 aliphatic rings. The van der Waals surface area contributed by atoms with E-state index in [-0.39, 0.29) is 12.1 Å². The Bertz CT molecular complexity index is 899. The van der Waals surface area contributed by atoms with Crippen LogP contribution in [0.1, 0.15) is 23.9 Å². The highest BCUT2D eigenvalue weighted by Gasteiger charge is 2.43. The fraction of sp³-hybridized carbons (Fsp3) is 0.500. The van der Waals surface area contributed by atoms with E-state index in [1.807, 2.05) is 42.4 Å². The summed E-state index contributed by atoms with van der Waals surface area (Å²) < 4.78 is 7.89. The van der Waals surface area contributed by atoms with E-state index in [0.717, 1.165) is 43.9 Å². The fourth-order valence-corrected chi connectivity index (χ4v) is 5.40. The highest BCUT2D eigenvalue weighted by Crippen LogP contribution is 2.42. The third kappa shape index (κ3) is 3.47. The SMILES string of the molecule is CO[C@@H]1C[C@H]2CN(Cc3nccs3)C[C@H]2C[C@H]1n1cc(-c2ccccn2)nn1. The summed E-state index contributed by atoms with van der Waals surface area (Å²) in [5.74, 6) is 1.35. The lowest BCUT2D eigenvalue weighted by Gasteiger charge is -2.37. The van der Waals surface area contributed by atoms with Crippen LogP contribution in [-0.2, 0) is 11.3 Å². The predicted octanol–water partition coefficient (Wildman–Crippen LogP) is 2.89. The van der Waals surface area contributed by atoms with Gasteiger partial charge in [0.1, 0.15) is 10.7 Å². The molecule has 28 heavy (non-hydrogen) atoms. The van der Waals surface area contributed by atoms with Crippen molar-refractivity contribution >= 4 is 11.3 Å². The third-order valence-corrected chi connectivity index (χ3v) is 6.85. The lowest BCUT2D eigenvalue weighted by atomic mass is 9.77. The summed E-state index contributed by atoms with van der Waals surface area (Å²) in [6.45, 7) is 3.21. The molecular weight excluding hydrogens is 372 g/mol. The van der Waals surface area contributed by atoms with E-state index < -0.39 is 0 Å². The van der Waals surface area contributed by atoms with Gasteiger partial charge in [0.05, 0.1) is 30.6 Å². The van der Waals surface area contributed by atoms with Crippen molar-refractivity contribution in [2.24, 2.45) is 11.8 Å². The van der Waals surface area contributed by atoms with Crippen LogP contribution in [0.3, 0.4) is 0 Å². The van der Waals surface area contributed by atoms with E-state index in [1.54, 1.807) is 17.5 Å². The molecule has 4 atom stereocenters. The molecule has 146 valence electrons. The largest absolute Gasteiger partial charge is 0.379 e. The van der Waals surface area contributed by atoms with Crippen LogP contribution in [0.4, 0.5) is 0 Å². The molecule has 0 radical (unpaired) electrons. The summed E-state index contributed by atoms with van der Waals surface area (Å²) in [7, 11) is 1.82. The molecule has 0 unspecified atom stereocenters. The van der Waals surface area contributed by atoms with E-state index in [4.69, 9.17) is 4.74 Å². The Hall–Kier alpha value is -2.16. The number of pyridine rings is 1. The molecule has 0 amide bonds. The summed E-state index contributed by atoms with van der Waals surface area (Å²) in [5, 5.41) is 12.0. The zero-order chi connectivity index (χ0) is 18.9. The molecule has 0 aromatic carbocycles. The second-order valence-electron chi connectivity index (χ2n) is 7.75. The van der Waals surface area contributed by atoms with Crippen molar-refractivity contribution < 1.29 is 4.74 Å². The van der Waals surface area contributed by atoms with Gasteiger partial charge in [-0.2, -0.15) is 0 Å². The van der Waals surface area contributed by atoms with Crippen LogP contribution in [0.15, 0.2) is 42.2 Å². The van der Waals surface area contributed by atoms with Crippen molar-refractivity contribution in [1.29, 1.82) is 0 Å². The lowest BCUT2D eigenvalue weighted by Crippen LogP contribution is -2.37. The van der Waals surface area contributed by atoms with Crippen molar-refractivity contribution in [2.45, 2.75) is 31.5 Å². The first-order valence-corrected chi connectivity index (χ1v) is 10.6. The maximum atomic E-state index is 5.89. The van der Waals surface area contributed by atoms with Gasteiger partial charge in [-0.3, -0.25) is 9.88 Å². The zero-order valence-electron chi connectivity index (χ0n) is 15.9. The minimum Gasteiger partial charge on any atom is -0.379 e. The summed E-state index contributed by atoms with van der Waals surface area (Å²) in [4.78, 5) is 11.4. The van der Waals surface area contributed by atoms with Crippen LogP contribution >= 0.6 is 11.3 Å². The topological polar surface area (TPSA) is 69.0 Å². The van der Waals surface area contributed by atoms with Gasteiger partial charge in [-0.1, -0.05) is 11.3 Å². The Morgan fingerprint density at radius 1 is 1.11 bits per heavy atom. The molecule has 7 nitrogen and oxygen atoms in total. The number of aromatic nitrogens is 5. The molecule has 0 bridgehead atoms. The quantitative estimate of drug-likeness (QED) is 0.661. The number of hydrogen-bond acceptors (Lipinski definition) is 7. The summed E-state index contributed by atoms with van der Waals surface area (Å²) in [6, 6.07) is 6.07. The molecule has 8 heteroatoms. The Labute approximate surface area is 168 Å². The van der Waals surface area contributed by atoms with Crippen molar-refractivity contribution in [3.63, 3.8) is 0 Å². The van der Waals surface area contributed by atoms with Gasteiger partial charge < -0.3 is 4.74 Å². The van der Waals surface area contributed by atoms with E-state index in [9.17, 15) is 0 Å². The molecule has 0 N–H and O–H groups in total. The zero-order valence-corrected chi connectivity index (χ0v) is 16.7. The number of nitrogens with zero attached hydrogens (tertiary/aromatic N) is 6. The maximum Gasteiger partial charge on any atom is 0.131 e. The molecule has 1 aliphatic carbocycles. The molecule has 1 aliphatic heterocycles. The highest BCUT2D eigenvalue weighted by molar-refractivity contribution is 7.09. The van der Waals surface area contributed by atoms with Crippen molar-refractivity contribution in [2.75, 3.05) is 20.2 Å². The Balaban J connectivity index is 1.31. The normalized spacial score (nSPS) is 27.8. The number of hydrogen-bond donors (Lipinski definition) is 0. The van der Waals surface area contributed by atoms with E-state index in [1.165, 1.54) is 5.01 Å². The van der Waals surface area contributed by atoms with Gasteiger partial charge in [0.25, 0.3) is 0 Å². The van der Waals surface area contributed by atoms with Crippen molar-refractivity contribution in [1.82, 2.24) is 29.9 Å². The van der Waals surface area contributed by atoms with Crippen molar-refractivity contribution in [3.05, 3.63) is 47.2 Å². The summed E-state index contributed by atoms with van der Waals surface area (Å²) in [6.07, 6.45) is 8.00. The molecule has 2 fully saturated rings. The Morgan fingerprint density at radius 2 is 2.00 bits per heavy atom. The van der Waals surface area contributed by atoms with Gasteiger partial charge in [0.15, 0.2) is 0 Å². The van der Waals surface area contributed by atoms with Gasteiger partial charge in [0, 0.05) is 38.0 Å². The second-order valence-corrected chi connectivity index (χ2v) is 8.73. The fourth-order valence-electron chi connectivity index (χ4n) is 4.74. The average Bonchev–Trinajstić information content (AvgIpc) is 3.48. The maximum absolute atomic E-state index is 5.89. The van der Waals surface area contributed by atoms with Gasteiger partial charge in [-0.05, 0) is 36.8 Å². The first kappa shape index (κ1) is 17.9. The van der Waals surface area contributed by atoms with Gasteiger partial charge >= 0.3 is 0 Å². The van der Waals surface area contributed by atoms with Crippen LogP contribution in [0, 0.1) is 11.8 Å². The first-order chi connectivity index (χ1) is 13.8. The van der Waals surface area contributed by atoms with Crippen LogP contribution < -0.4 is 0 Å². The number of likely N-dealkylation sites (tertiary alicyclic amines) is 1. The molecule has 3 aromatic rings. The standard InChI is InChI=1S/C20H24N6OS/c1-27-19-9-15-11-25(13-20-22-6-7-28-20)10-14(15)8-18(19)26-12-17(23-24-26)16-4-2-3-5-21-16/h2-7,12,14-15,18-19H,8-11,13H2,1H3/t14-,15+,18-,19-/m1/s1. The van der Waals surface area contributed by atoms with Gasteiger partial charge in [-0.25, -0.2) is 9.67 Å². The molecule has 1 saturated heterocycles. The van der Waals surface area contributed by atoms with Crippen LogP contribution in [-0.4, -0.2) is 56.2 Å². The van der Waals surface area contributed by atoms with E-state index >= 15 is 0 Å². The number of rotatable bonds is 5. The number of thiazole rings is 1. The number of ether oxygens (including phenoxy) is 1. The van der Waals surface area contributed by atoms with Gasteiger partial charge in [-0.15, -0.1) is 16.4 Å². The molecular formula is C20H24N6OS. The average molecular weight is 397 g/mol. The van der Waals surface area contributed by atoms with Crippen LogP contribution in [0.25, 0.3) is 11.4 Å². The van der Waals surface area contributed by atoms with Crippen molar-refractivity contribution in [3.8, 4) is 11.4 Å². The van der Waals surface area contributed by atoms with Crippen LogP contribution in [0.2, 0.25) is 0 Å². The highest BCUT2D eigenvalue weighted by atomic mass is 32.1. The monoisotopic (exact) mass is 396 g/mol. The van der Waals surface area contributed by atoms with Crippen LogP contribution in [0.5, 0.6) is 0 Å². The number of fused-ring (bicyclic) bond motifs is 1. The predicted molar refractivity (Wildman–Crippen MR) is 107 cm³/mol. The number of methoxy groups -OCH3 is 1. The van der Waals surface area contributed by atoms with E-state index in [0.29, 0.717) is 11.8 Å².